The minimum absolute atomic E-state index is 0.114. The van der Waals surface area contributed by atoms with Crippen LogP contribution in [0.15, 0.2) is 72.8 Å². The summed E-state index contributed by atoms with van der Waals surface area (Å²) in [7, 11) is 0. The molecule has 0 aromatic heterocycles. The highest BCUT2D eigenvalue weighted by Gasteiger charge is 2.46. The average Bonchev–Trinajstić information content (AvgIpc) is 3.05. The van der Waals surface area contributed by atoms with Gasteiger partial charge in [0.2, 0.25) is 5.75 Å². The Hall–Kier alpha value is -3.27. The van der Waals surface area contributed by atoms with Crippen LogP contribution >= 0.6 is 0 Å². The highest BCUT2D eigenvalue weighted by molar-refractivity contribution is 5.95. The van der Waals surface area contributed by atoms with Gasteiger partial charge in [-0.05, 0) is 19.1 Å². The Morgan fingerprint density at radius 3 is 1.96 bits per heavy atom. The van der Waals surface area contributed by atoms with Gasteiger partial charge < -0.3 is 14.6 Å². The molecule has 1 aliphatic heterocycles. The molecule has 3 aromatic rings. The van der Waals surface area contributed by atoms with Crippen molar-refractivity contribution in [1.29, 1.82) is 0 Å². The van der Waals surface area contributed by atoms with Gasteiger partial charge in [-0.2, -0.15) is 0 Å². The Morgan fingerprint density at radius 2 is 1.44 bits per heavy atom. The lowest BCUT2D eigenvalue weighted by molar-refractivity contribution is -0.0467. The molecule has 0 saturated heterocycles. The van der Waals surface area contributed by atoms with Gasteiger partial charge in [0.15, 0.2) is 17.3 Å². The fourth-order valence-electron chi connectivity index (χ4n) is 3.01. The first-order valence-corrected chi connectivity index (χ1v) is 7.97. The van der Waals surface area contributed by atoms with Crippen LogP contribution in [0.5, 0.6) is 17.2 Å². The van der Waals surface area contributed by atoms with Crippen LogP contribution in [0.3, 0.4) is 0 Å². The highest BCUT2D eigenvalue weighted by Crippen LogP contribution is 2.52. The van der Waals surface area contributed by atoms with E-state index >= 15 is 0 Å². The monoisotopic (exact) mass is 332 g/mol. The number of carbonyl (C=O) groups excluding carboxylic acids is 1. The van der Waals surface area contributed by atoms with Crippen LogP contribution in [0, 0.1) is 0 Å². The molecular formula is C21H16O4. The number of ketones is 1. The molecule has 3 aromatic carbocycles. The number of aromatic hydroxyl groups is 1. The molecule has 0 saturated carbocycles. The molecule has 124 valence electrons. The first-order valence-electron chi connectivity index (χ1n) is 7.97. The third-order valence-corrected chi connectivity index (χ3v) is 4.25. The van der Waals surface area contributed by atoms with Gasteiger partial charge in [-0.15, -0.1) is 0 Å². The second-order valence-corrected chi connectivity index (χ2v) is 5.93. The van der Waals surface area contributed by atoms with Crippen molar-refractivity contribution >= 4 is 5.78 Å². The van der Waals surface area contributed by atoms with Crippen molar-refractivity contribution in [2.24, 2.45) is 0 Å². The van der Waals surface area contributed by atoms with Gasteiger partial charge in [-0.3, -0.25) is 4.79 Å². The number of rotatable bonds is 3. The van der Waals surface area contributed by atoms with Crippen LogP contribution in [-0.2, 0) is 5.79 Å². The number of phenolic OH excluding ortho intramolecular Hbond substituents is 1. The fourth-order valence-corrected chi connectivity index (χ4v) is 3.01. The van der Waals surface area contributed by atoms with Crippen LogP contribution in [0.4, 0.5) is 0 Å². The molecule has 0 fully saturated rings. The quantitative estimate of drug-likeness (QED) is 0.728. The minimum Gasteiger partial charge on any atom is -0.504 e. The fraction of sp³-hybridized carbons (Fsp3) is 0.0952. The molecule has 0 aliphatic carbocycles. The number of phenols is 1. The molecule has 1 aliphatic rings. The number of fused-ring (bicyclic) bond motifs is 1. The number of hydrogen-bond acceptors (Lipinski definition) is 4. The summed E-state index contributed by atoms with van der Waals surface area (Å²) in [5, 5.41) is 10.3. The van der Waals surface area contributed by atoms with Crippen molar-refractivity contribution in [3.8, 4) is 17.2 Å². The Morgan fingerprint density at radius 1 is 0.880 bits per heavy atom. The molecule has 4 nitrogen and oxygen atoms in total. The predicted molar refractivity (Wildman–Crippen MR) is 93.0 cm³/mol. The maximum absolute atomic E-state index is 11.7. The van der Waals surface area contributed by atoms with Crippen molar-refractivity contribution in [3.63, 3.8) is 0 Å². The summed E-state index contributed by atoms with van der Waals surface area (Å²) >= 11 is 0. The molecule has 0 amide bonds. The van der Waals surface area contributed by atoms with Crippen LogP contribution in [0.1, 0.15) is 28.4 Å². The molecule has 4 rings (SSSR count). The molecule has 25 heavy (non-hydrogen) atoms. The zero-order valence-corrected chi connectivity index (χ0v) is 13.6. The van der Waals surface area contributed by atoms with Crippen LogP contribution in [0.25, 0.3) is 0 Å². The first kappa shape index (κ1) is 15.3. The van der Waals surface area contributed by atoms with E-state index in [0.29, 0.717) is 11.3 Å². The van der Waals surface area contributed by atoms with Crippen LogP contribution < -0.4 is 9.47 Å². The normalized spacial score (nSPS) is 14.3. The average molecular weight is 332 g/mol. The largest absolute Gasteiger partial charge is 0.504 e. The lowest BCUT2D eigenvalue weighted by atomic mass is 9.97. The number of ether oxygens (including phenoxy) is 2. The van der Waals surface area contributed by atoms with E-state index in [0.717, 1.165) is 11.1 Å². The van der Waals surface area contributed by atoms with E-state index in [1.807, 2.05) is 60.7 Å². The van der Waals surface area contributed by atoms with Crippen molar-refractivity contribution in [2.75, 3.05) is 0 Å². The lowest BCUT2D eigenvalue weighted by Crippen LogP contribution is -2.36. The Labute approximate surface area is 145 Å². The lowest BCUT2D eigenvalue weighted by Gasteiger charge is -2.28. The molecule has 0 bridgehead atoms. The maximum atomic E-state index is 11.7. The summed E-state index contributed by atoms with van der Waals surface area (Å²) < 4.78 is 12.4. The topological polar surface area (TPSA) is 55.8 Å². The highest BCUT2D eigenvalue weighted by atomic mass is 16.7. The Bertz CT molecular complexity index is 893. The van der Waals surface area contributed by atoms with E-state index < -0.39 is 5.79 Å². The predicted octanol–water partition coefficient (Wildman–Crippen LogP) is 4.27. The number of hydrogen-bond donors (Lipinski definition) is 1. The molecule has 0 atom stereocenters. The number of Topliss-reactive ketones (excluding diaryl/α,β-unsaturated/α-hetero) is 1. The van der Waals surface area contributed by atoms with E-state index in [1.54, 1.807) is 6.07 Å². The molecule has 0 unspecified atom stereocenters. The van der Waals surface area contributed by atoms with Gasteiger partial charge in [0.1, 0.15) is 0 Å². The zero-order valence-electron chi connectivity index (χ0n) is 13.6. The van der Waals surface area contributed by atoms with Crippen LogP contribution in [-0.4, -0.2) is 10.9 Å². The van der Waals surface area contributed by atoms with E-state index in [1.165, 1.54) is 13.0 Å². The van der Waals surface area contributed by atoms with Gasteiger partial charge in [-0.1, -0.05) is 60.7 Å². The molecule has 1 heterocycles. The van der Waals surface area contributed by atoms with Crippen molar-refractivity contribution in [1.82, 2.24) is 0 Å². The summed E-state index contributed by atoms with van der Waals surface area (Å²) in [5.41, 5.74) is 1.96. The SMILES string of the molecule is CC(=O)c1cc(O)c2c(c1)OC(c1ccccc1)(c1ccccc1)O2. The second kappa shape index (κ2) is 5.67. The minimum atomic E-state index is -1.21. The molecule has 0 spiro atoms. The third kappa shape index (κ3) is 2.43. The molecule has 0 radical (unpaired) electrons. The smallest absolute Gasteiger partial charge is 0.305 e. The number of carbonyl (C=O) groups is 1. The van der Waals surface area contributed by atoms with Crippen LogP contribution in [0.2, 0.25) is 0 Å². The van der Waals surface area contributed by atoms with E-state index in [4.69, 9.17) is 9.47 Å². The van der Waals surface area contributed by atoms with Crippen molar-refractivity contribution < 1.29 is 19.4 Å². The van der Waals surface area contributed by atoms with Crippen molar-refractivity contribution in [3.05, 3.63) is 89.5 Å². The molecule has 4 heteroatoms. The second-order valence-electron chi connectivity index (χ2n) is 5.93. The van der Waals surface area contributed by atoms with Gasteiger partial charge in [-0.25, -0.2) is 0 Å². The van der Waals surface area contributed by atoms with E-state index in [9.17, 15) is 9.90 Å². The van der Waals surface area contributed by atoms with E-state index in [2.05, 4.69) is 0 Å². The summed E-state index contributed by atoms with van der Waals surface area (Å²) in [6.45, 7) is 1.44. The van der Waals surface area contributed by atoms with Gasteiger partial charge in [0.25, 0.3) is 0 Å². The first-order chi connectivity index (χ1) is 12.1. The third-order valence-electron chi connectivity index (χ3n) is 4.25. The zero-order chi connectivity index (χ0) is 17.4. The summed E-state index contributed by atoms with van der Waals surface area (Å²) in [6.07, 6.45) is 0. The van der Waals surface area contributed by atoms with Gasteiger partial charge in [0, 0.05) is 16.7 Å². The van der Waals surface area contributed by atoms with Crippen molar-refractivity contribution in [2.45, 2.75) is 12.7 Å². The molecular weight excluding hydrogens is 316 g/mol. The summed E-state index contributed by atoms with van der Waals surface area (Å²) in [5.74, 6) is -0.900. The van der Waals surface area contributed by atoms with E-state index in [-0.39, 0.29) is 17.3 Å². The van der Waals surface area contributed by atoms with Gasteiger partial charge >= 0.3 is 5.79 Å². The molecule has 1 N–H and O–H groups in total. The summed E-state index contributed by atoms with van der Waals surface area (Å²) in [4.78, 5) is 11.7. The maximum Gasteiger partial charge on any atom is 0.305 e. The Kier molecular flexibility index (Phi) is 3.46. The Balaban J connectivity index is 1.90. The van der Waals surface area contributed by atoms with Gasteiger partial charge in [0.05, 0.1) is 0 Å². The standard InChI is InChI=1S/C21H16O4/c1-14(22)15-12-18(23)20-19(13-15)24-21(25-20,16-8-4-2-5-9-16)17-10-6-3-7-11-17/h2-13,23H,1H3. The summed E-state index contributed by atoms with van der Waals surface area (Å²) in [6, 6.07) is 22.0. The number of benzene rings is 3.